The summed E-state index contributed by atoms with van der Waals surface area (Å²) >= 11 is 0. The van der Waals surface area contributed by atoms with E-state index in [2.05, 4.69) is 54.4 Å². The first-order valence-corrected chi connectivity index (χ1v) is 11.9. The van der Waals surface area contributed by atoms with Gasteiger partial charge < -0.3 is 14.8 Å². The van der Waals surface area contributed by atoms with Crippen molar-refractivity contribution < 1.29 is 14.3 Å². The van der Waals surface area contributed by atoms with Gasteiger partial charge in [-0.05, 0) is 84.5 Å². The Bertz CT molecular complexity index is 977. The molecular formula is C27H34N2O3. The fourth-order valence-corrected chi connectivity index (χ4v) is 5.70. The van der Waals surface area contributed by atoms with E-state index in [1.54, 1.807) is 7.11 Å². The number of carbonyl (C=O) groups excluding carboxylic acids is 1. The van der Waals surface area contributed by atoms with Crippen LogP contribution in [0.5, 0.6) is 5.75 Å². The van der Waals surface area contributed by atoms with Crippen molar-refractivity contribution in [1.29, 1.82) is 0 Å². The highest BCUT2D eigenvalue weighted by atomic mass is 16.6. The first-order chi connectivity index (χ1) is 15.4. The molecule has 3 saturated heterocycles. The van der Waals surface area contributed by atoms with Crippen molar-refractivity contribution in [2.45, 2.75) is 51.7 Å². The molecule has 3 heterocycles. The van der Waals surface area contributed by atoms with Gasteiger partial charge in [0.25, 0.3) is 0 Å². The average Bonchev–Trinajstić information content (AvgIpc) is 2.81. The van der Waals surface area contributed by atoms with Crippen molar-refractivity contribution in [3.05, 3.63) is 53.6 Å². The predicted octanol–water partition coefficient (Wildman–Crippen LogP) is 5.20. The lowest BCUT2D eigenvalue weighted by molar-refractivity contribution is -0.0353. The number of hydrogen-bond acceptors (Lipinski definition) is 4. The fourth-order valence-electron chi connectivity index (χ4n) is 5.70. The summed E-state index contributed by atoms with van der Waals surface area (Å²) < 4.78 is 11.2. The molecule has 2 bridgehead atoms. The summed E-state index contributed by atoms with van der Waals surface area (Å²) in [6, 6.07) is 14.7. The number of piperidine rings is 3. The summed E-state index contributed by atoms with van der Waals surface area (Å²) in [6.07, 6.45) is 4.08. The van der Waals surface area contributed by atoms with Gasteiger partial charge in [-0.2, -0.15) is 0 Å². The lowest BCUT2D eigenvalue weighted by Gasteiger charge is -2.44. The highest BCUT2D eigenvalue weighted by Crippen LogP contribution is 2.44. The molecule has 3 aliphatic heterocycles. The lowest BCUT2D eigenvalue weighted by atomic mass is 9.70. The molecule has 0 unspecified atom stereocenters. The van der Waals surface area contributed by atoms with Crippen LogP contribution in [0, 0.1) is 11.3 Å². The molecule has 1 aliphatic carbocycles. The summed E-state index contributed by atoms with van der Waals surface area (Å²) in [7, 11) is 1.68. The van der Waals surface area contributed by atoms with Gasteiger partial charge in [0, 0.05) is 6.54 Å². The monoisotopic (exact) mass is 434 g/mol. The normalized spacial score (nSPS) is 28.0. The van der Waals surface area contributed by atoms with Crippen LogP contribution in [0.3, 0.4) is 0 Å². The minimum atomic E-state index is -0.270. The molecule has 3 fully saturated rings. The third-order valence-corrected chi connectivity index (χ3v) is 7.81. The molecule has 0 saturated carbocycles. The van der Waals surface area contributed by atoms with E-state index in [-0.39, 0.29) is 23.7 Å². The number of nitrogens with zero attached hydrogens (tertiary/aromatic N) is 1. The number of hydrogen-bond donors (Lipinski definition) is 1. The Morgan fingerprint density at radius 1 is 1.06 bits per heavy atom. The van der Waals surface area contributed by atoms with Crippen molar-refractivity contribution in [1.82, 2.24) is 10.2 Å². The second-order valence-electron chi connectivity index (χ2n) is 10.3. The van der Waals surface area contributed by atoms with Gasteiger partial charge >= 0.3 is 6.09 Å². The van der Waals surface area contributed by atoms with Crippen molar-refractivity contribution in [2.24, 2.45) is 11.3 Å². The third-order valence-electron chi connectivity index (χ3n) is 7.81. The zero-order valence-electron chi connectivity index (χ0n) is 19.4. The molecule has 170 valence electrons. The molecule has 5 heteroatoms. The predicted molar refractivity (Wildman–Crippen MR) is 126 cm³/mol. The molecular weight excluding hydrogens is 400 g/mol. The average molecular weight is 435 g/mol. The Morgan fingerprint density at radius 2 is 1.78 bits per heavy atom. The van der Waals surface area contributed by atoms with E-state index in [1.165, 1.54) is 22.3 Å². The van der Waals surface area contributed by atoms with Gasteiger partial charge in [-0.15, -0.1) is 0 Å². The smallest absolute Gasteiger partial charge is 0.407 e. The third kappa shape index (κ3) is 4.11. The van der Waals surface area contributed by atoms with Crippen LogP contribution in [0.15, 0.2) is 42.5 Å². The van der Waals surface area contributed by atoms with Gasteiger partial charge in [-0.25, -0.2) is 4.79 Å². The van der Waals surface area contributed by atoms with E-state index in [1.807, 2.05) is 12.1 Å². The zero-order valence-corrected chi connectivity index (χ0v) is 19.4. The molecule has 1 amide bonds. The molecule has 2 atom stereocenters. The number of amides is 1. The van der Waals surface area contributed by atoms with Crippen LogP contribution in [-0.2, 0) is 11.2 Å². The van der Waals surface area contributed by atoms with Crippen LogP contribution in [-0.4, -0.2) is 43.8 Å². The van der Waals surface area contributed by atoms with Gasteiger partial charge in [-0.3, -0.25) is 4.90 Å². The first kappa shape index (κ1) is 21.3. The first-order valence-electron chi connectivity index (χ1n) is 11.9. The van der Waals surface area contributed by atoms with Gasteiger partial charge in [0.15, 0.2) is 0 Å². The van der Waals surface area contributed by atoms with Crippen LogP contribution >= 0.6 is 0 Å². The highest BCUT2D eigenvalue weighted by molar-refractivity contribution is 5.70. The van der Waals surface area contributed by atoms with E-state index in [0.717, 1.165) is 51.1 Å². The summed E-state index contributed by atoms with van der Waals surface area (Å²) in [6.45, 7) is 7.66. The number of fused-ring (bicyclic) bond motifs is 4. The van der Waals surface area contributed by atoms with Crippen molar-refractivity contribution >= 4 is 6.09 Å². The van der Waals surface area contributed by atoms with Crippen molar-refractivity contribution in [3.8, 4) is 16.9 Å². The molecule has 1 N–H and O–H groups in total. The molecule has 0 radical (unpaired) electrons. The lowest BCUT2D eigenvalue weighted by Crippen LogP contribution is -2.53. The molecule has 2 aromatic carbocycles. The topological polar surface area (TPSA) is 50.8 Å². The van der Waals surface area contributed by atoms with Gasteiger partial charge in [0.1, 0.15) is 11.9 Å². The molecule has 5 nitrogen and oxygen atoms in total. The van der Waals surface area contributed by atoms with Crippen LogP contribution in [0.2, 0.25) is 0 Å². The summed E-state index contributed by atoms with van der Waals surface area (Å²) in [5.74, 6) is 1.38. The maximum atomic E-state index is 12.9. The second kappa shape index (κ2) is 8.43. The van der Waals surface area contributed by atoms with Gasteiger partial charge in [-0.1, -0.05) is 44.2 Å². The Kier molecular flexibility index (Phi) is 5.62. The Balaban J connectivity index is 1.34. The standard InChI is InChI=1S/C27H34N2O3/c1-27(2)13-10-21-16-20(18-4-7-22(31-3)8-5-18)6-9-23(21)25(27)28-26(30)32-24-17-29-14-11-19(24)12-15-29/h4-9,16,19,24-25H,10-15,17H2,1-3H3,(H,28,30)/t24-,25+/m1/s1. The molecule has 32 heavy (non-hydrogen) atoms. The van der Waals surface area contributed by atoms with E-state index in [0.29, 0.717) is 5.92 Å². The SMILES string of the molecule is COc1ccc(-c2ccc3c(c2)CCC(C)(C)[C@H]3NC(=O)O[C@@H]2CN3CCC2CC3)cc1. The molecule has 6 rings (SSSR count). The van der Waals surface area contributed by atoms with E-state index in [4.69, 9.17) is 9.47 Å². The number of ether oxygens (including phenoxy) is 2. The number of rotatable bonds is 4. The van der Waals surface area contributed by atoms with E-state index >= 15 is 0 Å². The van der Waals surface area contributed by atoms with E-state index < -0.39 is 0 Å². The summed E-state index contributed by atoms with van der Waals surface area (Å²) in [5, 5.41) is 3.25. The van der Waals surface area contributed by atoms with Crippen molar-refractivity contribution in [2.75, 3.05) is 26.7 Å². The zero-order chi connectivity index (χ0) is 22.3. The fraction of sp³-hybridized carbons (Fsp3) is 0.519. The summed E-state index contributed by atoms with van der Waals surface area (Å²) in [5.41, 5.74) is 4.86. The molecule has 0 spiro atoms. The van der Waals surface area contributed by atoms with E-state index in [9.17, 15) is 4.79 Å². The Labute approximate surface area is 191 Å². The van der Waals surface area contributed by atoms with Gasteiger partial charge in [0.2, 0.25) is 0 Å². The number of aryl methyl sites for hydroxylation is 1. The number of alkyl carbamates (subject to hydrolysis) is 1. The number of benzene rings is 2. The van der Waals surface area contributed by atoms with Crippen molar-refractivity contribution in [3.63, 3.8) is 0 Å². The minimum Gasteiger partial charge on any atom is -0.497 e. The highest BCUT2D eigenvalue weighted by Gasteiger charge is 2.40. The largest absolute Gasteiger partial charge is 0.497 e. The number of methoxy groups -OCH3 is 1. The molecule has 2 aromatic rings. The second-order valence-corrected chi connectivity index (χ2v) is 10.3. The number of carbonyl (C=O) groups is 1. The maximum Gasteiger partial charge on any atom is 0.407 e. The Hall–Kier alpha value is -2.53. The number of nitrogens with one attached hydrogen (secondary N) is 1. The quantitative estimate of drug-likeness (QED) is 0.719. The van der Waals surface area contributed by atoms with Crippen LogP contribution in [0.4, 0.5) is 4.79 Å². The Morgan fingerprint density at radius 3 is 2.44 bits per heavy atom. The van der Waals surface area contributed by atoms with Crippen LogP contribution < -0.4 is 10.1 Å². The molecule has 4 aliphatic rings. The van der Waals surface area contributed by atoms with Crippen LogP contribution in [0.1, 0.15) is 50.3 Å². The summed E-state index contributed by atoms with van der Waals surface area (Å²) in [4.78, 5) is 15.4. The van der Waals surface area contributed by atoms with Crippen LogP contribution in [0.25, 0.3) is 11.1 Å². The molecule has 0 aromatic heterocycles. The minimum absolute atomic E-state index is 0.0251. The van der Waals surface area contributed by atoms with Gasteiger partial charge in [0.05, 0.1) is 13.2 Å². The maximum absolute atomic E-state index is 12.9.